The number of nitrogens with zero attached hydrogens (tertiary/aromatic N) is 2. The number of aryl methyl sites for hydroxylation is 1. The Bertz CT molecular complexity index is 854. The quantitative estimate of drug-likeness (QED) is 0.599. The highest BCUT2D eigenvalue weighted by Gasteiger charge is 2.18. The standard InChI is InChI=1S/C19H25N5O4/c1-4-14-18(28-11(2)3)24-17(15(23-14)16(20)25)22-13-7-5-6-12(10-13)8-9-27-19(21)26/h5-7,10-11H,4,8-9H2,1-3H3,(H2,20,25)(H2,21,26)(H,22,24). The van der Waals surface area contributed by atoms with E-state index < -0.39 is 12.0 Å². The number of carbonyl (C=O) groups excluding carboxylic acids is 2. The Hall–Kier alpha value is -3.36. The molecule has 9 nitrogen and oxygen atoms in total. The van der Waals surface area contributed by atoms with Gasteiger partial charge in [-0.25, -0.2) is 9.78 Å². The molecule has 0 saturated heterocycles. The summed E-state index contributed by atoms with van der Waals surface area (Å²) in [6.45, 7) is 5.83. The van der Waals surface area contributed by atoms with Crippen LogP contribution in [-0.2, 0) is 17.6 Å². The molecule has 0 bridgehead atoms. The zero-order valence-corrected chi connectivity index (χ0v) is 16.2. The van der Waals surface area contributed by atoms with E-state index in [9.17, 15) is 9.59 Å². The topological polar surface area (TPSA) is 142 Å². The zero-order valence-electron chi connectivity index (χ0n) is 16.2. The van der Waals surface area contributed by atoms with Crippen molar-refractivity contribution in [1.29, 1.82) is 0 Å². The average molecular weight is 387 g/mol. The highest BCUT2D eigenvalue weighted by atomic mass is 16.5. The van der Waals surface area contributed by atoms with Crippen molar-refractivity contribution in [1.82, 2.24) is 9.97 Å². The lowest BCUT2D eigenvalue weighted by Crippen LogP contribution is -2.19. The monoisotopic (exact) mass is 387 g/mol. The van der Waals surface area contributed by atoms with Gasteiger partial charge >= 0.3 is 6.09 Å². The van der Waals surface area contributed by atoms with Crippen molar-refractivity contribution in [3.63, 3.8) is 0 Å². The van der Waals surface area contributed by atoms with Gasteiger partial charge in [0.1, 0.15) is 5.69 Å². The fourth-order valence-electron chi connectivity index (χ4n) is 2.47. The first-order valence-electron chi connectivity index (χ1n) is 8.95. The molecule has 0 aliphatic heterocycles. The summed E-state index contributed by atoms with van der Waals surface area (Å²) in [6, 6.07) is 7.35. The van der Waals surface area contributed by atoms with Crippen LogP contribution in [0, 0.1) is 0 Å². The van der Waals surface area contributed by atoms with Crippen molar-refractivity contribution in [3.8, 4) is 5.88 Å². The number of hydrogen-bond donors (Lipinski definition) is 3. The van der Waals surface area contributed by atoms with Gasteiger partial charge in [0.2, 0.25) is 5.88 Å². The molecule has 0 saturated carbocycles. The third kappa shape index (κ3) is 5.83. The van der Waals surface area contributed by atoms with Crippen LogP contribution in [0.2, 0.25) is 0 Å². The number of ether oxygens (including phenoxy) is 2. The summed E-state index contributed by atoms with van der Waals surface area (Å²) in [5.74, 6) is -0.117. The van der Waals surface area contributed by atoms with E-state index in [0.29, 0.717) is 30.1 Å². The predicted molar refractivity (Wildman–Crippen MR) is 105 cm³/mol. The van der Waals surface area contributed by atoms with E-state index in [1.807, 2.05) is 45.0 Å². The Morgan fingerprint density at radius 2 is 1.96 bits per heavy atom. The van der Waals surface area contributed by atoms with Crippen molar-refractivity contribution in [2.24, 2.45) is 11.5 Å². The maximum atomic E-state index is 11.9. The van der Waals surface area contributed by atoms with Crippen molar-refractivity contribution < 1.29 is 19.1 Å². The van der Waals surface area contributed by atoms with Crippen LogP contribution in [0.15, 0.2) is 24.3 Å². The highest BCUT2D eigenvalue weighted by Crippen LogP contribution is 2.25. The van der Waals surface area contributed by atoms with E-state index in [0.717, 1.165) is 5.56 Å². The first kappa shape index (κ1) is 20.9. The molecular formula is C19H25N5O4. The van der Waals surface area contributed by atoms with Gasteiger partial charge in [0.05, 0.1) is 12.7 Å². The number of primary amides is 2. The number of carbonyl (C=O) groups is 2. The summed E-state index contributed by atoms with van der Waals surface area (Å²) in [5, 5.41) is 3.07. The van der Waals surface area contributed by atoms with Crippen molar-refractivity contribution in [2.75, 3.05) is 11.9 Å². The maximum absolute atomic E-state index is 11.9. The van der Waals surface area contributed by atoms with Crippen molar-refractivity contribution in [3.05, 3.63) is 41.2 Å². The molecule has 0 aliphatic carbocycles. The minimum atomic E-state index is -0.815. The van der Waals surface area contributed by atoms with Gasteiger partial charge in [-0.05, 0) is 38.0 Å². The summed E-state index contributed by atoms with van der Waals surface area (Å²) < 4.78 is 10.5. The number of nitrogens with one attached hydrogen (secondary N) is 1. The molecule has 5 N–H and O–H groups in total. The Kier molecular flexibility index (Phi) is 7.14. The summed E-state index contributed by atoms with van der Waals surface area (Å²) in [5.41, 5.74) is 12.6. The zero-order chi connectivity index (χ0) is 20.7. The van der Waals surface area contributed by atoms with E-state index in [1.165, 1.54) is 0 Å². The van der Waals surface area contributed by atoms with E-state index >= 15 is 0 Å². The molecule has 28 heavy (non-hydrogen) atoms. The number of anilines is 2. The molecule has 1 aromatic carbocycles. The lowest BCUT2D eigenvalue weighted by atomic mass is 10.1. The van der Waals surface area contributed by atoms with E-state index in [-0.39, 0.29) is 24.2 Å². The first-order chi connectivity index (χ1) is 13.3. The number of benzene rings is 1. The highest BCUT2D eigenvalue weighted by molar-refractivity contribution is 5.96. The minimum Gasteiger partial charge on any atom is -0.474 e. The second kappa shape index (κ2) is 9.54. The molecule has 0 fully saturated rings. The van der Waals surface area contributed by atoms with Gasteiger partial charge in [0.25, 0.3) is 5.91 Å². The number of rotatable bonds is 9. The van der Waals surface area contributed by atoms with Crippen molar-refractivity contribution >= 4 is 23.5 Å². The average Bonchev–Trinajstić information content (AvgIpc) is 2.61. The second-order valence-corrected chi connectivity index (χ2v) is 6.30. The van der Waals surface area contributed by atoms with Crippen LogP contribution in [0.1, 0.15) is 42.5 Å². The SMILES string of the molecule is CCc1nc(C(N)=O)c(Nc2cccc(CCOC(N)=O)c2)nc1OC(C)C. The molecule has 0 atom stereocenters. The van der Waals surface area contributed by atoms with Gasteiger partial charge in [0.15, 0.2) is 11.5 Å². The number of nitrogens with two attached hydrogens (primary N) is 2. The van der Waals surface area contributed by atoms with Crippen LogP contribution in [0.3, 0.4) is 0 Å². The Morgan fingerprint density at radius 3 is 2.57 bits per heavy atom. The van der Waals surface area contributed by atoms with Crippen LogP contribution in [0.4, 0.5) is 16.3 Å². The number of amides is 2. The molecule has 1 aromatic heterocycles. The van der Waals surface area contributed by atoms with E-state index in [2.05, 4.69) is 15.3 Å². The fraction of sp³-hybridized carbons (Fsp3) is 0.368. The minimum absolute atomic E-state index is 0.0374. The van der Waals surface area contributed by atoms with Gasteiger partial charge in [-0.2, -0.15) is 4.98 Å². The fourth-order valence-corrected chi connectivity index (χ4v) is 2.47. The van der Waals surface area contributed by atoms with E-state index in [4.69, 9.17) is 20.9 Å². The summed E-state index contributed by atoms with van der Waals surface area (Å²) >= 11 is 0. The second-order valence-electron chi connectivity index (χ2n) is 6.30. The van der Waals surface area contributed by atoms with Crippen LogP contribution in [0.5, 0.6) is 5.88 Å². The first-order valence-corrected chi connectivity index (χ1v) is 8.95. The lowest BCUT2D eigenvalue weighted by Gasteiger charge is -2.16. The predicted octanol–water partition coefficient (Wildman–Crippen LogP) is 2.31. The summed E-state index contributed by atoms with van der Waals surface area (Å²) in [7, 11) is 0. The molecule has 0 radical (unpaired) electrons. The Labute approximate surface area is 163 Å². The molecule has 9 heteroatoms. The van der Waals surface area contributed by atoms with Gasteiger partial charge in [-0.3, -0.25) is 4.79 Å². The molecular weight excluding hydrogens is 362 g/mol. The third-order valence-electron chi connectivity index (χ3n) is 3.67. The number of aromatic nitrogens is 2. The van der Waals surface area contributed by atoms with Gasteiger partial charge in [0, 0.05) is 12.1 Å². The van der Waals surface area contributed by atoms with E-state index in [1.54, 1.807) is 0 Å². The molecule has 2 rings (SSSR count). The smallest absolute Gasteiger partial charge is 0.404 e. The summed E-state index contributed by atoms with van der Waals surface area (Å²) in [4.78, 5) is 31.3. The van der Waals surface area contributed by atoms with Crippen molar-refractivity contribution in [2.45, 2.75) is 39.7 Å². The lowest BCUT2D eigenvalue weighted by molar-refractivity contribution is 0.0995. The molecule has 2 aromatic rings. The van der Waals surface area contributed by atoms with Crippen LogP contribution in [-0.4, -0.2) is 34.7 Å². The maximum Gasteiger partial charge on any atom is 0.404 e. The molecule has 150 valence electrons. The molecule has 0 aliphatic rings. The molecule has 0 spiro atoms. The van der Waals surface area contributed by atoms with Crippen LogP contribution >= 0.6 is 0 Å². The van der Waals surface area contributed by atoms with Gasteiger partial charge < -0.3 is 26.3 Å². The molecule has 2 amide bonds. The van der Waals surface area contributed by atoms with Crippen LogP contribution < -0.4 is 21.5 Å². The normalized spacial score (nSPS) is 10.6. The number of hydrogen-bond acceptors (Lipinski definition) is 7. The third-order valence-corrected chi connectivity index (χ3v) is 3.67. The van der Waals surface area contributed by atoms with Gasteiger partial charge in [-0.1, -0.05) is 19.1 Å². The Morgan fingerprint density at radius 1 is 1.21 bits per heavy atom. The Balaban J connectivity index is 2.31. The van der Waals surface area contributed by atoms with Crippen LogP contribution in [0.25, 0.3) is 0 Å². The van der Waals surface area contributed by atoms with Gasteiger partial charge in [-0.15, -0.1) is 0 Å². The largest absolute Gasteiger partial charge is 0.474 e. The summed E-state index contributed by atoms with van der Waals surface area (Å²) in [6.07, 6.45) is 0.124. The molecule has 0 unspecified atom stereocenters. The molecule has 1 heterocycles.